The lowest BCUT2D eigenvalue weighted by atomic mass is 9.90. The van der Waals surface area contributed by atoms with Crippen molar-refractivity contribution in [3.05, 3.63) is 58.1 Å². The molecule has 1 aliphatic rings. The van der Waals surface area contributed by atoms with Gasteiger partial charge in [0.1, 0.15) is 5.69 Å². The Labute approximate surface area is 214 Å². The van der Waals surface area contributed by atoms with E-state index in [0.29, 0.717) is 12.2 Å². The van der Waals surface area contributed by atoms with Crippen molar-refractivity contribution in [1.29, 1.82) is 0 Å². The maximum atomic E-state index is 12.6. The third-order valence-corrected chi connectivity index (χ3v) is 6.89. The second-order valence-corrected chi connectivity index (χ2v) is 9.91. The van der Waals surface area contributed by atoms with Gasteiger partial charge in [0.05, 0.1) is 12.0 Å². The molecule has 0 spiro atoms. The van der Waals surface area contributed by atoms with Gasteiger partial charge in [0.2, 0.25) is 0 Å². The van der Waals surface area contributed by atoms with Crippen LogP contribution in [0.1, 0.15) is 37.7 Å². The molecule has 196 valence electrons. The topological polar surface area (TPSA) is 105 Å². The predicted octanol–water partition coefficient (Wildman–Crippen LogP) is 4.49. The Morgan fingerprint density at radius 3 is 2.39 bits per heavy atom. The van der Waals surface area contributed by atoms with Gasteiger partial charge < -0.3 is 25.2 Å². The van der Waals surface area contributed by atoms with Crippen molar-refractivity contribution in [2.45, 2.75) is 50.7 Å². The van der Waals surface area contributed by atoms with Gasteiger partial charge in [-0.1, -0.05) is 24.3 Å². The average molecular weight is 498 g/mol. The van der Waals surface area contributed by atoms with Crippen molar-refractivity contribution in [2.24, 2.45) is 5.73 Å². The Morgan fingerprint density at radius 1 is 1.06 bits per heavy atom. The highest BCUT2D eigenvalue weighted by Gasteiger charge is 2.28. The zero-order valence-corrected chi connectivity index (χ0v) is 21.9. The molecule has 2 aromatic rings. The zero-order chi connectivity index (χ0) is 26.2. The first-order valence-electron chi connectivity index (χ1n) is 12.5. The van der Waals surface area contributed by atoms with Crippen molar-refractivity contribution in [1.82, 2.24) is 9.80 Å². The van der Waals surface area contributed by atoms with Crippen LogP contribution >= 0.6 is 0 Å². The number of nitrogens with two attached hydrogens (primary N) is 1. The monoisotopic (exact) mass is 497 g/mol. The van der Waals surface area contributed by atoms with E-state index in [1.165, 1.54) is 7.11 Å². The number of amides is 1. The molecule has 0 heterocycles. The van der Waals surface area contributed by atoms with Gasteiger partial charge in [-0.25, -0.2) is 4.79 Å². The molecular weight excluding hydrogens is 458 g/mol. The molecule has 0 aromatic heterocycles. The maximum absolute atomic E-state index is 12.6. The van der Waals surface area contributed by atoms with E-state index in [9.17, 15) is 14.9 Å². The van der Waals surface area contributed by atoms with E-state index in [-0.39, 0.29) is 28.8 Å². The molecule has 1 aliphatic carbocycles. The molecule has 2 N–H and O–H groups in total. The highest BCUT2D eigenvalue weighted by Crippen LogP contribution is 2.33. The van der Waals surface area contributed by atoms with Gasteiger partial charge in [-0.3, -0.25) is 10.1 Å². The SMILES string of the molecule is COC(=O)N(Cc1cccc(-c2ccc(N(C)CCCN(C)C)c([N+](=O)[O-])c2)c1)C1CCC(N)CC1. The summed E-state index contributed by atoms with van der Waals surface area (Å²) in [6.07, 6.45) is 4.04. The molecule has 3 rings (SSSR count). The highest BCUT2D eigenvalue weighted by atomic mass is 16.6. The fourth-order valence-corrected chi connectivity index (χ4v) is 4.84. The number of rotatable bonds is 10. The number of nitro groups is 1. The number of methoxy groups -OCH3 is 1. The van der Waals surface area contributed by atoms with Crippen LogP contribution < -0.4 is 10.6 Å². The normalized spacial score (nSPS) is 17.6. The van der Waals surface area contributed by atoms with Crippen molar-refractivity contribution in [3.8, 4) is 11.1 Å². The average Bonchev–Trinajstić information content (AvgIpc) is 2.87. The summed E-state index contributed by atoms with van der Waals surface area (Å²) in [5.74, 6) is 0. The van der Waals surface area contributed by atoms with Crippen LogP contribution in [-0.2, 0) is 11.3 Å². The number of carbonyl (C=O) groups excluding carboxylic acids is 1. The molecule has 0 saturated heterocycles. The molecular formula is C27H39N5O4. The fraction of sp³-hybridized carbons (Fsp3) is 0.519. The van der Waals surface area contributed by atoms with E-state index in [1.54, 1.807) is 11.0 Å². The second-order valence-electron chi connectivity index (χ2n) is 9.91. The second kappa shape index (κ2) is 12.7. The minimum atomic E-state index is -0.349. The van der Waals surface area contributed by atoms with E-state index in [4.69, 9.17) is 10.5 Å². The lowest BCUT2D eigenvalue weighted by Crippen LogP contribution is -2.43. The van der Waals surface area contributed by atoms with Gasteiger partial charge in [0, 0.05) is 38.3 Å². The van der Waals surface area contributed by atoms with Gasteiger partial charge in [-0.05, 0) is 81.6 Å². The van der Waals surface area contributed by atoms with E-state index < -0.39 is 0 Å². The summed E-state index contributed by atoms with van der Waals surface area (Å²) in [6, 6.07) is 13.5. The Kier molecular flexibility index (Phi) is 9.66. The van der Waals surface area contributed by atoms with Gasteiger partial charge in [-0.15, -0.1) is 0 Å². The van der Waals surface area contributed by atoms with Crippen LogP contribution in [0.25, 0.3) is 11.1 Å². The number of anilines is 1. The molecule has 1 fully saturated rings. The molecule has 2 aromatic carbocycles. The van der Waals surface area contributed by atoms with Crippen LogP contribution in [0, 0.1) is 10.1 Å². The van der Waals surface area contributed by atoms with E-state index >= 15 is 0 Å². The first-order chi connectivity index (χ1) is 17.2. The number of ether oxygens (including phenoxy) is 1. The minimum Gasteiger partial charge on any atom is -0.453 e. The number of carbonyl (C=O) groups is 1. The van der Waals surface area contributed by atoms with Crippen LogP contribution in [0.5, 0.6) is 0 Å². The lowest BCUT2D eigenvalue weighted by Gasteiger charge is -2.35. The zero-order valence-electron chi connectivity index (χ0n) is 21.9. The summed E-state index contributed by atoms with van der Waals surface area (Å²) in [7, 11) is 7.32. The van der Waals surface area contributed by atoms with Crippen molar-refractivity contribution >= 4 is 17.5 Å². The van der Waals surface area contributed by atoms with E-state index in [0.717, 1.165) is 61.9 Å². The summed E-state index contributed by atoms with van der Waals surface area (Å²) in [5.41, 5.74) is 9.32. The minimum absolute atomic E-state index is 0.0833. The standard InChI is InChI=1S/C27H39N5O4/c1-29(2)15-6-16-30(3)25-14-9-22(18-26(25)32(34)35)21-8-5-7-20(17-21)19-31(27(33)36-4)24-12-10-23(28)11-13-24/h5,7-9,14,17-18,23-24H,6,10-13,15-16,19,28H2,1-4H3. The van der Waals surface area contributed by atoms with Crippen LogP contribution in [0.15, 0.2) is 42.5 Å². The largest absolute Gasteiger partial charge is 0.453 e. The van der Waals surface area contributed by atoms with Crippen molar-refractivity contribution in [2.75, 3.05) is 46.2 Å². The molecule has 9 nitrogen and oxygen atoms in total. The summed E-state index contributed by atoms with van der Waals surface area (Å²) in [6.45, 7) is 2.05. The predicted molar refractivity (Wildman–Crippen MR) is 143 cm³/mol. The number of benzene rings is 2. The summed E-state index contributed by atoms with van der Waals surface area (Å²) in [5, 5.41) is 11.9. The van der Waals surface area contributed by atoms with Gasteiger partial charge in [-0.2, -0.15) is 0 Å². The van der Waals surface area contributed by atoms with Gasteiger partial charge in [0.25, 0.3) is 5.69 Å². The van der Waals surface area contributed by atoms with Gasteiger partial charge >= 0.3 is 6.09 Å². The van der Waals surface area contributed by atoms with Crippen molar-refractivity contribution < 1.29 is 14.5 Å². The number of hydrogen-bond acceptors (Lipinski definition) is 7. The quantitative estimate of drug-likeness (QED) is 0.381. The van der Waals surface area contributed by atoms with E-state index in [2.05, 4.69) is 4.90 Å². The molecule has 0 radical (unpaired) electrons. The molecule has 0 aliphatic heterocycles. The van der Waals surface area contributed by atoms with Crippen LogP contribution in [0.2, 0.25) is 0 Å². The molecule has 0 unspecified atom stereocenters. The fourth-order valence-electron chi connectivity index (χ4n) is 4.84. The Balaban J connectivity index is 1.82. The summed E-state index contributed by atoms with van der Waals surface area (Å²) >= 11 is 0. The van der Waals surface area contributed by atoms with Crippen LogP contribution in [0.3, 0.4) is 0 Å². The number of hydrogen-bond donors (Lipinski definition) is 1. The van der Waals surface area contributed by atoms with Crippen LogP contribution in [0.4, 0.5) is 16.2 Å². The molecule has 1 saturated carbocycles. The lowest BCUT2D eigenvalue weighted by molar-refractivity contribution is -0.384. The van der Waals surface area contributed by atoms with Crippen molar-refractivity contribution in [3.63, 3.8) is 0 Å². The highest BCUT2D eigenvalue weighted by molar-refractivity contribution is 5.74. The molecule has 0 bridgehead atoms. The summed E-state index contributed by atoms with van der Waals surface area (Å²) in [4.78, 5) is 30.0. The first-order valence-corrected chi connectivity index (χ1v) is 12.5. The third kappa shape index (κ3) is 7.18. The third-order valence-electron chi connectivity index (χ3n) is 6.89. The number of nitro benzene ring substituents is 1. The summed E-state index contributed by atoms with van der Waals surface area (Å²) < 4.78 is 5.07. The Hall–Kier alpha value is -3.17. The molecule has 9 heteroatoms. The Bertz CT molecular complexity index is 1040. The molecule has 36 heavy (non-hydrogen) atoms. The number of nitrogens with zero attached hydrogens (tertiary/aromatic N) is 4. The molecule has 0 atom stereocenters. The smallest absolute Gasteiger partial charge is 0.410 e. The van der Waals surface area contributed by atoms with Crippen LogP contribution in [-0.4, -0.2) is 74.2 Å². The first kappa shape index (κ1) is 27.4. The van der Waals surface area contributed by atoms with E-state index in [1.807, 2.05) is 62.4 Å². The van der Waals surface area contributed by atoms with Gasteiger partial charge in [0.15, 0.2) is 0 Å². The Morgan fingerprint density at radius 2 is 1.75 bits per heavy atom. The molecule has 1 amide bonds. The maximum Gasteiger partial charge on any atom is 0.410 e.